The monoisotopic (exact) mass is 370 g/mol. The van der Waals surface area contributed by atoms with Crippen molar-refractivity contribution in [2.24, 2.45) is 0 Å². The molecular weight excluding hydrogens is 340 g/mol. The van der Waals surface area contributed by atoms with E-state index in [2.05, 4.69) is 15.5 Å². The molecule has 1 aromatic carbocycles. The maximum Gasteiger partial charge on any atom is 0.317 e. The summed E-state index contributed by atoms with van der Waals surface area (Å²) in [7, 11) is 1.81. The van der Waals surface area contributed by atoms with Crippen LogP contribution in [0.4, 0.5) is 4.79 Å². The summed E-state index contributed by atoms with van der Waals surface area (Å²) in [4.78, 5) is 14.2. The van der Waals surface area contributed by atoms with E-state index in [9.17, 15) is 4.79 Å². The number of carbonyl (C=O) groups excluding carboxylic acids is 1. The summed E-state index contributed by atoms with van der Waals surface area (Å²) in [5.41, 5.74) is 4.57. The fourth-order valence-corrected chi connectivity index (χ4v) is 3.47. The molecule has 6 heteroatoms. The number of fused-ring (bicyclic) bond motifs is 1. The SMILES string of the molecule is CC(C)Oc1cccc(CNC(=O)N(C)Cc2n[nH]c3c2CCCCC3)c1. The summed E-state index contributed by atoms with van der Waals surface area (Å²) in [5.74, 6) is 0.823. The van der Waals surface area contributed by atoms with E-state index in [4.69, 9.17) is 4.74 Å². The summed E-state index contributed by atoms with van der Waals surface area (Å²) >= 11 is 0. The quantitative estimate of drug-likeness (QED) is 0.760. The first kappa shape index (κ1) is 19.3. The standard InChI is InChI=1S/C21H30N4O2/c1-15(2)27-17-9-7-8-16(12-17)13-22-21(26)25(3)14-20-18-10-5-4-6-11-19(18)23-24-20/h7-9,12,15H,4-6,10-11,13-14H2,1-3H3,(H,22,26)(H,23,24). The molecule has 146 valence electrons. The molecule has 0 saturated carbocycles. The van der Waals surface area contributed by atoms with Crippen LogP contribution in [0.2, 0.25) is 0 Å². The molecule has 27 heavy (non-hydrogen) atoms. The highest BCUT2D eigenvalue weighted by Gasteiger charge is 2.18. The number of rotatable bonds is 6. The van der Waals surface area contributed by atoms with E-state index in [-0.39, 0.29) is 12.1 Å². The zero-order valence-electron chi connectivity index (χ0n) is 16.5. The Hall–Kier alpha value is -2.50. The van der Waals surface area contributed by atoms with Gasteiger partial charge in [-0.05, 0) is 62.8 Å². The topological polar surface area (TPSA) is 70.2 Å². The molecule has 2 amide bonds. The van der Waals surface area contributed by atoms with Crippen LogP contribution in [0.1, 0.15) is 55.6 Å². The number of nitrogens with one attached hydrogen (secondary N) is 2. The second kappa shape index (κ2) is 8.93. The van der Waals surface area contributed by atoms with Gasteiger partial charge in [0, 0.05) is 19.3 Å². The molecule has 1 aliphatic carbocycles. The van der Waals surface area contributed by atoms with Crippen molar-refractivity contribution in [1.29, 1.82) is 0 Å². The summed E-state index contributed by atoms with van der Waals surface area (Å²) in [6.45, 7) is 4.99. The molecule has 0 fully saturated rings. The first-order valence-corrected chi connectivity index (χ1v) is 9.82. The number of amides is 2. The molecule has 0 atom stereocenters. The van der Waals surface area contributed by atoms with Crippen molar-refractivity contribution in [3.63, 3.8) is 0 Å². The number of benzene rings is 1. The molecule has 0 aliphatic heterocycles. The van der Waals surface area contributed by atoms with Crippen molar-refractivity contribution >= 4 is 6.03 Å². The number of hydrogen-bond acceptors (Lipinski definition) is 3. The fraction of sp³-hybridized carbons (Fsp3) is 0.524. The normalized spacial score (nSPS) is 13.8. The van der Waals surface area contributed by atoms with Crippen molar-refractivity contribution in [3.05, 3.63) is 46.8 Å². The van der Waals surface area contributed by atoms with Crippen molar-refractivity contribution in [3.8, 4) is 5.75 Å². The van der Waals surface area contributed by atoms with Crippen LogP contribution >= 0.6 is 0 Å². The van der Waals surface area contributed by atoms with Gasteiger partial charge in [-0.2, -0.15) is 5.10 Å². The molecule has 1 heterocycles. The highest BCUT2D eigenvalue weighted by Crippen LogP contribution is 2.22. The van der Waals surface area contributed by atoms with Gasteiger partial charge in [-0.15, -0.1) is 0 Å². The predicted molar refractivity (Wildman–Crippen MR) is 106 cm³/mol. The lowest BCUT2D eigenvalue weighted by atomic mass is 10.1. The molecule has 3 rings (SSSR count). The molecule has 0 spiro atoms. The van der Waals surface area contributed by atoms with E-state index >= 15 is 0 Å². The molecule has 1 aromatic heterocycles. The lowest BCUT2D eigenvalue weighted by Crippen LogP contribution is -2.36. The molecule has 0 saturated heterocycles. The van der Waals surface area contributed by atoms with Crippen LogP contribution in [-0.2, 0) is 25.9 Å². The van der Waals surface area contributed by atoms with E-state index < -0.39 is 0 Å². The third-order valence-electron chi connectivity index (χ3n) is 4.84. The minimum Gasteiger partial charge on any atom is -0.491 e. The van der Waals surface area contributed by atoms with Crippen LogP contribution in [0.25, 0.3) is 0 Å². The van der Waals surface area contributed by atoms with E-state index in [0.717, 1.165) is 29.8 Å². The van der Waals surface area contributed by atoms with Crippen LogP contribution in [0.5, 0.6) is 5.75 Å². The summed E-state index contributed by atoms with van der Waals surface area (Å²) in [5, 5.41) is 10.6. The molecule has 2 aromatic rings. The summed E-state index contributed by atoms with van der Waals surface area (Å²) in [6, 6.07) is 7.73. The molecule has 2 N–H and O–H groups in total. The van der Waals surface area contributed by atoms with Crippen molar-refractivity contribution in [1.82, 2.24) is 20.4 Å². The molecule has 0 radical (unpaired) electrons. The number of carbonyl (C=O) groups is 1. The second-order valence-corrected chi connectivity index (χ2v) is 7.52. The Morgan fingerprint density at radius 2 is 2.11 bits per heavy atom. The van der Waals surface area contributed by atoms with Gasteiger partial charge in [-0.25, -0.2) is 4.79 Å². The minimum atomic E-state index is -0.101. The lowest BCUT2D eigenvalue weighted by Gasteiger charge is -2.18. The van der Waals surface area contributed by atoms with Gasteiger partial charge in [0.25, 0.3) is 0 Å². The largest absolute Gasteiger partial charge is 0.491 e. The van der Waals surface area contributed by atoms with Gasteiger partial charge >= 0.3 is 6.03 Å². The zero-order chi connectivity index (χ0) is 19.2. The Balaban J connectivity index is 1.55. The van der Waals surface area contributed by atoms with Gasteiger partial charge in [-0.1, -0.05) is 18.6 Å². The average molecular weight is 370 g/mol. The van der Waals surface area contributed by atoms with Crippen LogP contribution in [-0.4, -0.2) is 34.3 Å². The van der Waals surface area contributed by atoms with E-state index in [0.29, 0.717) is 13.1 Å². The smallest absolute Gasteiger partial charge is 0.317 e. The van der Waals surface area contributed by atoms with Gasteiger partial charge in [-0.3, -0.25) is 5.10 Å². The van der Waals surface area contributed by atoms with Crippen molar-refractivity contribution in [2.45, 2.75) is 65.1 Å². The van der Waals surface area contributed by atoms with Gasteiger partial charge < -0.3 is 15.0 Å². The van der Waals surface area contributed by atoms with Gasteiger partial charge in [0.2, 0.25) is 0 Å². The van der Waals surface area contributed by atoms with Crippen LogP contribution in [0, 0.1) is 0 Å². The number of aryl methyl sites for hydroxylation is 1. The first-order chi connectivity index (χ1) is 13.0. The Labute approximate surface area is 161 Å². The van der Waals surface area contributed by atoms with E-state index in [1.807, 2.05) is 45.2 Å². The number of aromatic amines is 1. The summed E-state index contributed by atoms with van der Waals surface area (Å²) < 4.78 is 5.71. The number of hydrogen-bond donors (Lipinski definition) is 2. The fourth-order valence-electron chi connectivity index (χ4n) is 3.47. The molecule has 1 aliphatic rings. The van der Waals surface area contributed by atoms with Gasteiger partial charge in [0.1, 0.15) is 5.75 Å². The van der Waals surface area contributed by atoms with Gasteiger partial charge in [0.15, 0.2) is 0 Å². The first-order valence-electron chi connectivity index (χ1n) is 9.82. The number of H-pyrrole nitrogens is 1. The minimum absolute atomic E-state index is 0.101. The number of ether oxygens (including phenoxy) is 1. The van der Waals surface area contributed by atoms with Crippen molar-refractivity contribution in [2.75, 3.05) is 7.05 Å². The molecule has 0 unspecified atom stereocenters. The van der Waals surface area contributed by atoms with Crippen LogP contribution in [0.15, 0.2) is 24.3 Å². The van der Waals surface area contributed by atoms with Crippen molar-refractivity contribution < 1.29 is 9.53 Å². The average Bonchev–Trinajstić information content (AvgIpc) is 2.86. The van der Waals surface area contributed by atoms with E-state index in [1.165, 1.54) is 30.5 Å². The maximum atomic E-state index is 12.5. The molecule has 6 nitrogen and oxygen atoms in total. The van der Waals surface area contributed by atoms with Crippen LogP contribution in [0.3, 0.4) is 0 Å². The second-order valence-electron chi connectivity index (χ2n) is 7.52. The highest BCUT2D eigenvalue weighted by molar-refractivity contribution is 5.73. The number of urea groups is 1. The Morgan fingerprint density at radius 1 is 1.30 bits per heavy atom. The lowest BCUT2D eigenvalue weighted by molar-refractivity contribution is 0.205. The van der Waals surface area contributed by atoms with Gasteiger partial charge in [0.05, 0.1) is 18.3 Å². The van der Waals surface area contributed by atoms with Crippen LogP contribution < -0.4 is 10.1 Å². The predicted octanol–water partition coefficient (Wildman–Crippen LogP) is 3.81. The highest BCUT2D eigenvalue weighted by atomic mass is 16.5. The zero-order valence-corrected chi connectivity index (χ0v) is 16.5. The number of aromatic nitrogens is 2. The summed E-state index contributed by atoms with van der Waals surface area (Å²) in [6.07, 6.45) is 5.92. The molecule has 0 bridgehead atoms. The Bertz CT molecular complexity index is 769. The van der Waals surface area contributed by atoms with E-state index in [1.54, 1.807) is 4.90 Å². The third-order valence-corrected chi connectivity index (χ3v) is 4.84. The third kappa shape index (κ3) is 5.25. The maximum absolute atomic E-state index is 12.5. The number of nitrogens with zero attached hydrogens (tertiary/aromatic N) is 2. The Morgan fingerprint density at radius 3 is 2.93 bits per heavy atom. The Kier molecular flexibility index (Phi) is 6.37. The molecular formula is C21H30N4O2.